The quantitative estimate of drug-likeness (QED) is 0.478. The van der Waals surface area contributed by atoms with E-state index in [1.807, 2.05) is 46.7 Å². The van der Waals surface area contributed by atoms with Crippen LogP contribution in [0, 0.1) is 0 Å². The molecule has 9 heteroatoms. The van der Waals surface area contributed by atoms with Gasteiger partial charge in [0.15, 0.2) is 17.4 Å². The number of hydrogen-bond acceptors (Lipinski definition) is 7. The largest absolute Gasteiger partial charge is 0.488 e. The molecule has 2 fully saturated rings. The SMILES string of the molecule is Cn1ncc(OC[C@H]2CCN2)c1-c1ccn2nc(Nc3ccc(C4CC4)nn3)cc2c1. The maximum absolute atomic E-state index is 6.05. The third kappa shape index (κ3) is 3.61. The molecule has 6 rings (SSSR count). The summed E-state index contributed by atoms with van der Waals surface area (Å²) in [4.78, 5) is 0. The van der Waals surface area contributed by atoms with Crippen molar-refractivity contribution in [1.82, 2.24) is 34.9 Å². The Balaban J connectivity index is 1.24. The Bertz CT molecular complexity index is 1220. The highest BCUT2D eigenvalue weighted by atomic mass is 16.5. The van der Waals surface area contributed by atoms with Crippen molar-refractivity contribution in [3.8, 4) is 17.0 Å². The molecule has 1 aliphatic heterocycles. The fraction of sp³-hybridized carbons (Fsp3) is 0.364. The summed E-state index contributed by atoms with van der Waals surface area (Å²) in [6.45, 7) is 1.72. The molecule has 1 atom stereocenters. The number of aromatic nitrogens is 6. The summed E-state index contributed by atoms with van der Waals surface area (Å²) in [6, 6.07) is 10.6. The fourth-order valence-electron chi connectivity index (χ4n) is 3.87. The molecule has 1 aliphatic carbocycles. The maximum Gasteiger partial charge on any atom is 0.165 e. The van der Waals surface area contributed by atoms with Gasteiger partial charge in [0.05, 0.1) is 17.4 Å². The first kappa shape index (κ1) is 18.3. The zero-order chi connectivity index (χ0) is 20.8. The average molecular weight is 416 g/mol. The molecule has 0 radical (unpaired) electrons. The monoisotopic (exact) mass is 416 g/mol. The van der Waals surface area contributed by atoms with Crippen molar-refractivity contribution in [2.75, 3.05) is 18.5 Å². The first-order chi connectivity index (χ1) is 15.2. The van der Waals surface area contributed by atoms with Gasteiger partial charge >= 0.3 is 0 Å². The van der Waals surface area contributed by atoms with Crippen LogP contribution in [-0.2, 0) is 7.05 Å². The van der Waals surface area contributed by atoms with E-state index in [0.717, 1.165) is 47.0 Å². The van der Waals surface area contributed by atoms with E-state index in [1.165, 1.54) is 12.8 Å². The average Bonchev–Trinajstić information content (AvgIpc) is 3.41. The van der Waals surface area contributed by atoms with Gasteiger partial charge in [0, 0.05) is 36.8 Å². The second kappa shape index (κ2) is 7.35. The Morgan fingerprint density at radius 3 is 2.77 bits per heavy atom. The molecule has 1 saturated heterocycles. The molecule has 4 aromatic heterocycles. The first-order valence-electron chi connectivity index (χ1n) is 10.7. The predicted molar refractivity (Wildman–Crippen MR) is 117 cm³/mol. The van der Waals surface area contributed by atoms with Crippen LogP contribution < -0.4 is 15.4 Å². The van der Waals surface area contributed by atoms with Crippen LogP contribution in [0.1, 0.15) is 30.9 Å². The van der Waals surface area contributed by atoms with Crippen LogP contribution in [0.15, 0.2) is 42.7 Å². The van der Waals surface area contributed by atoms with Crippen LogP contribution in [0.25, 0.3) is 16.8 Å². The Labute approximate surface area is 179 Å². The first-order valence-corrected chi connectivity index (χ1v) is 10.7. The van der Waals surface area contributed by atoms with Gasteiger partial charge < -0.3 is 15.4 Å². The molecule has 9 nitrogen and oxygen atoms in total. The van der Waals surface area contributed by atoms with Crippen molar-refractivity contribution in [3.63, 3.8) is 0 Å². The standard InChI is InChI=1S/C22H24N8O/c1-29-22(19(12-24-29)31-13-16-6-8-23-16)15-7-9-30-17(10-15)11-21(28-30)25-20-5-4-18(26-27-20)14-2-3-14/h4-5,7,9-12,14,16,23H,2-3,6,8,13H2,1H3,(H,25,27,28)/t16-/m1/s1. The van der Waals surface area contributed by atoms with Gasteiger partial charge in [-0.15, -0.1) is 5.10 Å². The van der Waals surface area contributed by atoms with E-state index < -0.39 is 0 Å². The number of rotatable bonds is 7. The van der Waals surface area contributed by atoms with E-state index in [0.29, 0.717) is 24.4 Å². The number of anilines is 2. The summed E-state index contributed by atoms with van der Waals surface area (Å²) in [6.07, 6.45) is 7.32. The van der Waals surface area contributed by atoms with E-state index >= 15 is 0 Å². The molecule has 0 spiro atoms. The molecule has 31 heavy (non-hydrogen) atoms. The minimum absolute atomic E-state index is 0.431. The third-order valence-corrected chi connectivity index (χ3v) is 5.94. The van der Waals surface area contributed by atoms with E-state index in [4.69, 9.17) is 4.74 Å². The van der Waals surface area contributed by atoms with Crippen LogP contribution in [-0.4, -0.2) is 48.8 Å². The molecule has 158 valence electrons. The fourth-order valence-corrected chi connectivity index (χ4v) is 3.87. The minimum Gasteiger partial charge on any atom is -0.488 e. The molecular formula is C22H24N8O. The topological polar surface area (TPSA) is 94.2 Å². The number of nitrogens with zero attached hydrogens (tertiary/aromatic N) is 6. The number of ether oxygens (including phenoxy) is 1. The van der Waals surface area contributed by atoms with Gasteiger partial charge in [-0.05, 0) is 50.1 Å². The normalized spacial score (nSPS) is 18.2. The third-order valence-electron chi connectivity index (χ3n) is 5.94. The number of hydrogen-bond donors (Lipinski definition) is 2. The van der Waals surface area contributed by atoms with Crippen LogP contribution in [0.4, 0.5) is 11.6 Å². The van der Waals surface area contributed by atoms with E-state index in [-0.39, 0.29) is 0 Å². The second-order valence-electron chi connectivity index (χ2n) is 8.29. The van der Waals surface area contributed by atoms with Gasteiger partial charge in [-0.1, -0.05) is 0 Å². The van der Waals surface area contributed by atoms with Crippen molar-refractivity contribution in [2.45, 2.75) is 31.2 Å². The molecule has 2 aliphatic rings. The van der Waals surface area contributed by atoms with E-state index in [1.54, 1.807) is 6.20 Å². The zero-order valence-corrected chi connectivity index (χ0v) is 17.3. The van der Waals surface area contributed by atoms with Crippen molar-refractivity contribution < 1.29 is 4.74 Å². The number of pyridine rings is 1. The van der Waals surface area contributed by atoms with Gasteiger partial charge in [0.25, 0.3) is 0 Å². The highest BCUT2D eigenvalue weighted by molar-refractivity contribution is 5.72. The van der Waals surface area contributed by atoms with Crippen LogP contribution in [0.3, 0.4) is 0 Å². The van der Waals surface area contributed by atoms with E-state index in [2.05, 4.69) is 37.1 Å². The highest BCUT2D eigenvalue weighted by Crippen LogP contribution is 2.38. The summed E-state index contributed by atoms with van der Waals surface area (Å²) in [5, 5.41) is 24.2. The summed E-state index contributed by atoms with van der Waals surface area (Å²) in [5.41, 5.74) is 4.03. The van der Waals surface area contributed by atoms with Gasteiger partial charge in [-0.2, -0.15) is 15.3 Å². The molecule has 0 aromatic carbocycles. The van der Waals surface area contributed by atoms with Crippen LogP contribution in [0.2, 0.25) is 0 Å². The van der Waals surface area contributed by atoms with E-state index in [9.17, 15) is 0 Å². The highest BCUT2D eigenvalue weighted by Gasteiger charge is 2.25. The van der Waals surface area contributed by atoms with Crippen LogP contribution >= 0.6 is 0 Å². The molecular weight excluding hydrogens is 392 g/mol. The molecule has 0 unspecified atom stereocenters. The summed E-state index contributed by atoms with van der Waals surface area (Å²) in [7, 11) is 1.93. The number of nitrogens with one attached hydrogen (secondary N) is 2. The second-order valence-corrected chi connectivity index (χ2v) is 8.29. The van der Waals surface area contributed by atoms with Gasteiger partial charge in [0.1, 0.15) is 12.3 Å². The molecule has 4 aromatic rings. The van der Waals surface area contributed by atoms with Crippen LogP contribution in [0.5, 0.6) is 5.75 Å². The van der Waals surface area contributed by atoms with Crippen molar-refractivity contribution in [3.05, 3.63) is 48.4 Å². The van der Waals surface area contributed by atoms with Gasteiger partial charge in [-0.3, -0.25) is 4.68 Å². The van der Waals surface area contributed by atoms with Crippen molar-refractivity contribution >= 4 is 17.2 Å². The zero-order valence-electron chi connectivity index (χ0n) is 17.3. The lowest BCUT2D eigenvalue weighted by Gasteiger charge is -2.27. The summed E-state index contributed by atoms with van der Waals surface area (Å²) in [5.74, 6) is 2.81. The predicted octanol–water partition coefficient (Wildman–Crippen LogP) is 2.89. The Hall–Kier alpha value is -3.46. The summed E-state index contributed by atoms with van der Waals surface area (Å²) < 4.78 is 9.74. The Morgan fingerprint density at radius 2 is 2.03 bits per heavy atom. The van der Waals surface area contributed by atoms with Gasteiger partial charge in [-0.25, -0.2) is 4.52 Å². The van der Waals surface area contributed by atoms with Crippen molar-refractivity contribution in [1.29, 1.82) is 0 Å². The smallest absolute Gasteiger partial charge is 0.165 e. The number of aryl methyl sites for hydroxylation is 1. The Morgan fingerprint density at radius 1 is 1.13 bits per heavy atom. The molecule has 1 saturated carbocycles. The molecule has 0 bridgehead atoms. The number of fused-ring (bicyclic) bond motifs is 1. The van der Waals surface area contributed by atoms with Gasteiger partial charge in [0.2, 0.25) is 0 Å². The lowest BCUT2D eigenvalue weighted by Crippen LogP contribution is -2.46. The summed E-state index contributed by atoms with van der Waals surface area (Å²) >= 11 is 0. The molecule has 5 heterocycles. The molecule has 0 amide bonds. The minimum atomic E-state index is 0.431. The lowest BCUT2D eigenvalue weighted by atomic mass is 10.1. The van der Waals surface area contributed by atoms with Crippen molar-refractivity contribution in [2.24, 2.45) is 7.05 Å². The Kier molecular flexibility index (Phi) is 4.34. The molecule has 2 N–H and O–H groups in total. The lowest BCUT2D eigenvalue weighted by molar-refractivity contribution is 0.218. The maximum atomic E-state index is 6.05.